The fraction of sp³-hybridized carbons (Fsp3) is 0.611. The monoisotopic (exact) mass is 303 g/mol. The molecule has 2 rings (SSSR count). The van der Waals surface area contributed by atoms with E-state index in [1.165, 1.54) is 11.1 Å². The normalized spacial score (nSPS) is 16.7. The number of hydrogen-bond donors (Lipinski definition) is 1. The highest BCUT2D eigenvalue weighted by atomic mass is 16.2. The van der Waals surface area contributed by atoms with Gasteiger partial charge in [-0.2, -0.15) is 0 Å². The molecule has 0 unspecified atom stereocenters. The van der Waals surface area contributed by atoms with Gasteiger partial charge in [0.05, 0.1) is 6.54 Å². The molecule has 4 nitrogen and oxygen atoms in total. The molecule has 1 heterocycles. The van der Waals surface area contributed by atoms with Crippen LogP contribution in [-0.4, -0.2) is 47.9 Å². The van der Waals surface area contributed by atoms with Crippen molar-refractivity contribution < 1.29 is 4.79 Å². The van der Waals surface area contributed by atoms with Crippen LogP contribution in [0.1, 0.15) is 37.3 Å². The van der Waals surface area contributed by atoms with E-state index in [2.05, 4.69) is 43.0 Å². The lowest BCUT2D eigenvalue weighted by molar-refractivity contribution is -0.133. The summed E-state index contributed by atoms with van der Waals surface area (Å²) in [4.78, 5) is 16.8. The van der Waals surface area contributed by atoms with Crippen molar-refractivity contribution in [1.29, 1.82) is 0 Å². The number of carbonyl (C=O) groups is 1. The molecule has 0 saturated carbocycles. The van der Waals surface area contributed by atoms with Crippen molar-refractivity contribution in [1.82, 2.24) is 9.80 Å². The first-order valence-electron chi connectivity index (χ1n) is 8.39. The highest BCUT2D eigenvalue weighted by molar-refractivity contribution is 5.78. The van der Waals surface area contributed by atoms with Crippen molar-refractivity contribution in [3.63, 3.8) is 0 Å². The molecule has 0 aromatic heterocycles. The SMILES string of the molecule is CCCN(Cc1ccc(C)cc1)C(=O)CN1CCC(N)CC1. The Labute approximate surface area is 134 Å². The van der Waals surface area contributed by atoms with Crippen LogP contribution < -0.4 is 5.73 Å². The number of carbonyl (C=O) groups excluding carboxylic acids is 1. The van der Waals surface area contributed by atoms with E-state index in [0.717, 1.165) is 38.9 Å². The van der Waals surface area contributed by atoms with E-state index in [0.29, 0.717) is 19.1 Å². The molecule has 1 aromatic carbocycles. The average Bonchev–Trinajstić information content (AvgIpc) is 2.51. The van der Waals surface area contributed by atoms with Crippen molar-refractivity contribution >= 4 is 5.91 Å². The Hall–Kier alpha value is -1.39. The zero-order valence-electron chi connectivity index (χ0n) is 13.9. The van der Waals surface area contributed by atoms with Crippen LogP contribution in [0.15, 0.2) is 24.3 Å². The number of aryl methyl sites for hydroxylation is 1. The quantitative estimate of drug-likeness (QED) is 0.876. The van der Waals surface area contributed by atoms with Gasteiger partial charge in [-0.15, -0.1) is 0 Å². The molecule has 0 aliphatic carbocycles. The lowest BCUT2D eigenvalue weighted by Gasteiger charge is -2.31. The Morgan fingerprint density at radius 3 is 2.50 bits per heavy atom. The maximum atomic E-state index is 12.6. The first-order chi connectivity index (χ1) is 10.6. The number of benzene rings is 1. The van der Waals surface area contributed by atoms with Crippen LogP contribution >= 0.6 is 0 Å². The molecule has 0 spiro atoms. The third-order valence-corrected chi connectivity index (χ3v) is 4.33. The highest BCUT2D eigenvalue weighted by Gasteiger charge is 2.21. The van der Waals surface area contributed by atoms with Crippen molar-refractivity contribution in [2.75, 3.05) is 26.2 Å². The summed E-state index contributed by atoms with van der Waals surface area (Å²) in [5.74, 6) is 0.234. The molecule has 1 fully saturated rings. The molecule has 1 aliphatic rings. The third kappa shape index (κ3) is 5.11. The van der Waals surface area contributed by atoms with E-state index in [-0.39, 0.29) is 5.91 Å². The molecule has 1 aliphatic heterocycles. The van der Waals surface area contributed by atoms with Crippen LogP contribution in [0.2, 0.25) is 0 Å². The van der Waals surface area contributed by atoms with Gasteiger partial charge in [0, 0.05) is 32.2 Å². The van der Waals surface area contributed by atoms with E-state index in [1.54, 1.807) is 0 Å². The lowest BCUT2D eigenvalue weighted by Crippen LogP contribution is -2.45. The first kappa shape index (κ1) is 17.0. The maximum absolute atomic E-state index is 12.6. The minimum atomic E-state index is 0.234. The van der Waals surface area contributed by atoms with Crippen LogP contribution in [-0.2, 0) is 11.3 Å². The minimum Gasteiger partial charge on any atom is -0.337 e. The summed E-state index contributed by atoms with van der Waals surface area (Å²) < 4.78 is 0. The second-order valence-corrected chi connectivity index (χ2v) is 6.41. The van der Waals surface area contributed by atoms with E-state index < -0.39 is 0 Å². The van der Waals surface area contributed by atoms with Crippen molar-refractivity contribution in [3.8, 4) is 0 Å². The molecule has 2 N–H and O–H groups in total. The number of hydrogen-bond acceptors (Lipinski definition) is 3. The van der Waals surface area contributed by atoms with Gasteiger partial charge in [0.25, 0.3) is 0 Å². The zero-order valence-corrected chi connectivity index (χ0v) is 13.9. The molecule has 122 valence electrons. The summed E-state index contributed by atoms with van der Waals surface area (Å²) in [5.41, 5.74) is 8.38. The summed E-state index contributed by atoms with van der Waals surface area (Å²) in [6.45, 7) is 8.14. The van der Waals surface area contributed by atoms with Gasteiger partial charge in [0.2, 0.25) is 5.91 Å². The van der Waals surface area contributed by atoms with Gasteiger partial charge in [-0.05, 0) is 31.7 Å². The lowest BCUT2D eigenvalue weighted by atomic mass is 10.1. The third-order valence-electron chi connectivity index (χ3n) is 4.33. The van der Waals surface area contributed by atoms with Crippen molar-refractivity contribution in [2.45, 2.75) is 45.7 Å². The largest absolute Gasteiger partial charge is 0.337 e. The topological polar surface area (TPSA) is 49.6 Å². The summed E-state index contributed by atoms with van der Waals surface area (Å²) in [6, 6.07) is 8.76. The molecule has 1 saturated heterocycles. The van der Waals surface area contributed by atoms with Crippen molar-refractivity contribution in [2.24, 2.45) is 5.73 Å². The van der Waals surface area contributed by atoms with Crippen LogP contribution in [0.5, 0.6) is 0 Å². The average molecular weight is 303 g/mol. The van der Waals surface area contributed by atoms with Crippen molar-refractivity contribution in [3.05, 3.63) is 35.4 Å². The number of rotatable bonds is 6. The van der Waals surface area contributed by atoms with Gasteiger partial charge in [-0.1, -0.05) is 36.8 Å². The number of likely N-dealkylation sites (tertiary alicyclic amines) is 1. The van der Waals surface area contributed by atoms with Crippen LogP contribution in [0.25, 0.3) is 0 Å². The van der Waals surface area contributed by atoms with Gasteiger partial charge in [0.1, 0.15) is 0 Å². The molecular weight excluding hydrogens is 274 g/mol. The second-order valence-electron chi connectivity index (χ2n) is 6.41. The van der Waals surface area contributed by atoms with E-state index in [4.69, 9.17) is 5.73 Å². The minimum absolute atomic E-state index is 0.234. The highest BCUT2D eigenvalue weighted by Crippen LogP contribution is 2.11. The molecule has 0 atom stereocenters. The Morgan fingerprint density at radius 2 is 1.91 bits per heavy atom. The summed E-state index contributed by atoms with van der Waals surface area (Å²) in [7, 11) is 0. The first-order valence-corrected chi connectivity index (χ1v) is 8.39. The number of nitrogens with zero attached hydrogens (tertiary/aromatic N) is 2. The molecule has 0 bridgehead atoms. The molecule has 4 heteroatoms. The fourth-order valence-corrected chi connectivity index (χ4v) is 2.88. The van der Waals surface area contributed by atoms with Gasteiger partial charge in [0.15, 0.2) is 0 Å². The Balaban J connectivity index is 1.91. The Bertz CT molecular complexity index is 464. The molecule has 1 amide bonds. The van der Waals surface area contributed by atoms with Crippen LogP contribution in [0, 0.1) is 6.92 Å². The fourth-order valence-electron chi connectivity index (χ4n) is 2.88. The number of nitrogens with two attached hydrogens (primary N) is 1. The predicted molar refractivity (Wildman–Crippen MR) is 90.5 cm³/mol. The molecular formula is C18H29N3O. The summed E-state index contributed by atoms with van der Waals surface area (Å²) >= 11 is 0. The van der Waals surface area contributed by atoms with Gasteiger partial charge >= 0.3 is 0 Å². The smallest absolute Gasteiger partial charge is 0.237 e. The number of piperidine rings is 1. The van der Waals surface area contributed by atoms with E-state index in [1.807, 2.05) is 4.90 Å². The van der Waals surface area contributed by atoms with E-state index in [9.17, 15) is 4.79 Å². The maximum Gasteiger partial charge on any atom is 0.237 e. The van der Waals surface area contributed by atoms with Gasteiger partial charge in [-0.3, -0.25) is 9.69 Å². The zero-order chi connectivity index (χ0) is 15.9. The number of amides is 1. The molecule has 1 aromatic rings. The molecule has 22 heavy (non-hydrogen) atoms. The van der Waals surface area contributed by atoms with Crippen LogP contribution in [0.3, 0.4) is 0 Å². The molecule has 0 radical (unpaired) electrons. The summed E-state index contributed by atoms with van der Waals surface area (Å²) in [5, 5.41) is 0. The standard InChI is InChI=1S/C18H29N3O/c1-3-10-21(13-16-6-4-15(2)5-7-16)18(22)14-20-11-8-17(19)9-12-20/h4-7,17H,3,8-14,19H2,1-2H3. The van der Waals surface area contributed by atoms with Gasteiger partial charge in [-0.25, -0.2) is 0 Å². The Kier molecular flexibility index (Phi) is 6.40. The predicted octanol–water partition coefficient (Wildman–Crippen LogP) is 2.16. The van der Waals surface area contributed by atoms with Gasteiger partial charge < -0.3 is 10.6 Å². The second kappa shape index (κ2) is 8.30. The van der Waals surface area contributed by atoms with E-state index >= 15 is 0 Å². The van der Waals surface area contributed by atoms with Crippen LogP contribution in [0.4, 0.5) is 0 Å². The Morgan fingerprint density at radius 1 is 1.27 bits per heavy atom. The summed E-state index contributed by atoms with van der Waals surface area (Å²) in [6.07, 6.45) is 2.99.